The number of hydrogen-bond acceptors (Lipinski definition) is 5. The van der Waals surface area contributed by atoms with Crippen LogP contribution in [0.2, 0.25) is 0 Å². The lowest BCUT2D eigenvalue weighted by atomic mass is 9.93. The fourth-order valence-corrected chi connectivity index (χ4v) is 2.69. The van der Waals surface area contributed by atoms with Gasteiger partial charge in [0.15, 0.2) is 5.82 Å². The molecule has 110 valence electrons. The molecule has 2 fully saturated rings. The molecule has 3 rings (SSSR count). The molecular formula is C14H22N4O2. The molecule has 20 heavy (non-hydrogen) atoms. The molecule has 1 unspecified atom stereocenters. The topological polar surface area (TPSA) is 82.2 Å². The van der Waals surface area contributed by atoms with Gasteiger partial charge in [-0.3, -0.25) is 0 Å². The van der Waals surface area contributed by atoms with Gasteiger partial charge in [0.25, 0.3) is 0 Å². The Hall–Kier alpha value is -1.72. The van der Waals surface area contributed by atoms with Crippen LogP contribution in [0.1, 0.15) is 55.4 Å². The molecule has 1 aromatic rings. The van der Waals surface area contributed by atoms with Gasteiger partial charge in [0.05, 0.1) is 13.2 Å². The SMILES string of the molecule is COC(=O)c1c(NC2CCC2)nn(C(C)C2CC2)c1N. The highest BCUT2D eigenvalue weighted by atomic mass is 16.5. The van der Waals surface area contributed by atoms with Crippen LogP contribution in [0.25, 0.3) is 0 Å². The number of nitrogens with one attached hydrogen (secondary N) is 1. The van der Waals surface area contributed by atoms with Crippen molar-refractivity contribution in [2.24, 2.45) is 5.92 Å². The van der Waals surface area contributed by atoms with Crippen molar-refractivity contribution >= 4 is 17.6 Å². The number of aromatic nitrogens is 2. The van der Waals surface area contributed by atoms with Gasteiger partial charge in [0.2, 0.25) is 0 Å². The monoisotopic (exact) mass is 278 g/mol. The van der Waals surface area contributed by atoms with E-state index in [0.29, 0.717) is 29.2 Å². The predicted molar refractivity (Wildman–Crippen MR) is 76.7 cm³/mol. The number of nitrogen functional groups attached to an aromatic ring is 1. The van der Waals surface area contributed by atoms with E-state index in [1.165, 1.54) is 26.4 Å². The Labute approximate surface area is 118 Å². The molecule has 0 aliphatic heterocycles. The van der Waals surface area contributed by atoms with E-state index in [2.05, 4.69) is 17.3 Å². The molecule has 1 aromatic heterocycles. The van der Waals surface area contributed by atoms with E-state index in [1.54, 1.807) is 4.68 Å². The third-order valence-corrected chi connectivity index (χ3v) is 4.47. The molecule has 6 nitrogen and oxygen atoms in total. The molecule has 1 heterocycles. The Bertz CT molecular complexity index is 517. The van der Waals surface area contributed by atoms with E-state index in [0.717, 1.165) is 12.8 Å². The molecule has 2 saturated carbocycles. The van der Waals surface area contributed by atoms with Gasteiger partial charge in [0, 0.05) is 6.04 Å². The van der Waals surface area contributed by atoms with Gasteiger partial charge in [0.1, 0.15) is 11.4 Å². The zero-order chi connectivity index (χ0) is 14.3. The minimum Gasteiger partial charge on any atom is -0.465 e. The molecular weight excluding hydrogens is 256 g/mol. The number of ether oxygens (including phenoxy) is 1. The summed E-state index contributed by atoms with van der Waals surface area (Å²) in [5.41, 5.74) is 6.52. The molecule has 0 aromatic carbocycles. The van der Waals surface area contributed by atoms with Crippen molar-refractivity contribution in [3.8, 4) is 0 Å². The highest BCUT2D eigenvalue weighted by Gasteiger charge is 2.34. The average molecular weight is 278 g/mol. The first-order valence-corrected chi connectivity index (χ1v) is 7.34. The Morgan fingerprint density at radius 1 is 1.45 bits per heavy atom. The maximum atomic E-state index is 12.0. The highest BCUT2D eigenvalue weighted by Crippen LogP contribution is 2.41. The molecule has 2 aliphatic carbocycles. The van der Waals surface area contributed by atoms with E-state index in [4.69, 9.17) is 10.5 Å². The van der Waals surface area contributed by atoms with Gasteiger partial charge in [-0.15, -0.1) is 0 Å². The van der Waals surface area contributed by atoms with Crippen LogP contribution in [0, 0.1) is 5.92 Å². The second-order valence-electron chi connectivity index (χ2n) is 5.90. The second kappa shape index (κ2) is 5.00. The molecule has 0 bridgehead atoms. The number of methoxy groups -OCH3 is 1. The summed E-state index contributed by atoms with van der Waals surface area (Å²) < 4.78 is 6.63. The summed E-state index contributed by atoms with van der Waals surface area (Å²) in [5, 5.41) is 7.87. The summed E-state index contributed by atoms with van der Waals surface area (Å²) >= 11 is 0. The Kier molecular flexibility index (Phi) is 3.31. The number of rotatable bonds is 5. The van der Waals surface area contributed by atoms with Crippen molar-refractivity contribution in [3.63, 3.8) is 0 Å². The number of esters is 1. The standard InChI is InChI=1S/C14H22N4O2/c1-8(9-6-7-9)18-12(15)11(14(19)20-2)13(17-18)16-10-4-3-5-10/h8-10H,3-7,15H2,1-2H3,(H,16,17). The summed E-state index contributed by atoms with van der Waals surface area (Å²) in [6.07, 6.45) is 5.87. The molecule has 1 atom stereocenters. The molecule has 0 radical (unpaired) electrons. The third-order valence-electron chi connectivity index (χ3n) is 4.47. The van der Waals surface area contributed by atoms with Crippen molar-refractivity contribution < 1.29 is 9.53 Å². The largest absolute Gasteiger partial charge is 0.465 e. The summed E-state index contributed by atoms with van der Waals surface area (Å²) in [4.78, 5) is 12.0. The highest BCUT2D eigenvalue weighted by molar-refractivity contribution is 5.99. The first kappa shape index (κ1) is 13.3. The van der Waals surface area contributed by atoms with Gasteiger partial charge in [-0.2, -0.15) is 5.10 Å². The van der Waals surface area contributed by atoms with Crippen LogP contribution in [0.15, 0.2) is 0 Å². The fraction of sp³-hybridized carbons (Fsp3) is 0.714. The second-order valence-corrected chi connectivity index (χ2v) is 5.90. The molecule has 0 amide bonds. The number of nitrogens with zero attached hydrogens (tertiary/aromatic N) is 2. The molecule has 3 N–H and O–H groups in total. The van der Waals surface area contributed by atoms with Crippen LogP contribution in [-0.4, -0.2) is 28.9 Å². The lowest BCUT2D eigenvalue weighted by molar-refractivity contribution is 0.0603. The lowest BCUT2D eigenvalue weighted by Crippen LogP contribution is -2.28. The Morgan fingerprint density at radius 3 is 2.65 bits per heavy atom. The van der Waals surface area contributed by atoms with E-state index in [1.807, 2.05) is 0 Å². The summed E-state index contributed by atoms with van der Waals surface area (Å²) in [5.74, 6) is 1.20. The van der Waals surface area contributed by atoms with Crippen LogP contribution in [0.5, 0.6) is 0 Å². The Balaban J connectivity index is 1.92. The minimum atomic E-state index is -0.418. The summed E-state index contributed by atoms with van der Waals surface area (Å²) in [6, 6.07) is 0.632. The van der Waals surface area contributed by atoms with E-state index in [9.17, 15) is 4.79 Å². The van der Waals surface area contributed by atoms with Crippen LogP contribution in [0.4, 0.5) is 11.6 Å². The van der Waals surface area contributed by atoms with Crippen LogP contribution >= 0.6 is 0 Å². The van der Waals surface area contributed by atoms with Crippen LogP contribution in [0.3, 0.4) is 0 Å². The van der Waals surface area contributed by atoms with Crippen LogP contribution < -0.4 is 11.1 Å². The van der Waals surface area contributed by atoms with Crippen molar-refractivity contribution in [1.29, 1.82) is 0 Å². The first-order chi connectivity index (χ1) is 9.61. The van der Waals surface area contributed by atoms with Gasteiger partial charge in [-0.25, -0.2) is 9.48 Å². The maximum absolute atomic E-state index is 12.0. The van der Waals surface area contributed by atoms with E-state index in [-0.39, 0.29) is 6.04 Å². The van der Waals surface area contributed by atoms with E-state index >= 15 is 0 Å². The fourth-order valence-electron chi connectivity index (χ4n) is 2.69. The number of hydrogen-bond donors (Lipinski definition) is 2. The summed E-state index contributed by atoms with van der Waals surface area (Å²) in [6.45, 7) is 2.11. The molecule has 0 spiro atoms. The zero-order valence-electron chi connectivity index (χ0n) is 12.1. The van der Waals surface area contributed by atoms with Gasteiger partial charge in [-0.1, -0.05) is 0 Å². The van der Waals surface area contributed by atoms with E-state index < -0.39 is 5.97 Å². The van der Waals surface area contributed by atoms with Crippen LogP contribution in [-0.2, 0) is 4.74 Å². The third kappa shape index (κ3) is 2.23. The zero-order valence-corrected chi connectivity index (χ0v) is 12.1. The lowest BCUT2D eigenvalue weighted by Gasteiger charge is -2.26. The first-order valence-electron chi connectivity index (χ1n) is 7.34. The van der Waals surface area contributed by atoms with Gasteiger partial charge < -0.3 is 15.8 Å². The average Bonchev–Trinajstić information content (AvgIpc) is 3.17. The van der Waals surface area contributed by atoms with Gasteiger partial charge in [-0.05, 0) is 44.9 Å². The number of carbonyl (C=O) groups is 1. The molecule has 2 aliphatic rings. The maximum Gasteiger partial charge on any atom is 0.345 e. The quantitative estimate of drug-likeness (QED) is 0.807. The smallest absolute Gasteiger partial charge is 0.345 e. The molecule has 0 saturated heterocycles. The molecule has 6 heteroatoms. The van der Waals surface area contributed by atoms with Crippen molar-refractivity contribution in [2.75, 3.05) is 18.2 Å². The van der Waals surface area contributed by atoms with Crippen molar-refractivity contribution in [3.05, 3.63) is 5.56 Å². The number of nitrogens with two attached hydrogens (primary N) is 1. The summed E-state index contributed by atoms with van der Waals surface area (Å²) in [7, 11) is 1.37. The number of carbonyl (C=O) groups excluding carboxylic acids is 1. The predicted octanol–water partition coefficient (Wildman–Crippen LogP) is 2.19. The normalized spacial score (nSPS) is 20.3. The number of anilines is 2. The van der Waals surface area contributed by atoms with Crippen molar-refractivity contribution in [2.45, 2.75) is 51.1 Å². The minimum absolute atomic E-state index is 0.232. The van der Waals surface area contributed by atoms with Gasteiger partial charge >= 0.3 is 5.97 Å². The van der Waals surface area contributed by atoms with Crippen molar-refractivity contribution in [1.82, 2.24) is 9.78 Å². The Morgan fingerprint density at radius 2 is 2.15 bits per heavy atom.